The maximum atomic E-state index is 12.9. The second-order valence-corrected chi connectivity index (χ2v) is 8.15. The molecule has 0 saturated carbocycles. The van der Waals surface area contributed by atoms with Gasteiger partial charge in [0.15, 0.2) is 5.58 Å². The molecule has 3 aromatic rings. The monoisotopic (exact) mass is 404 g/mol. The molecule has 3 aliphatic heterocycles. The van der Waals surface area contributed by atoms with Gasteiger partial charge >= 0.3 is 0 Å². The normalized spacial score (nSPS) is 25.2. The molecule has 0 spiro atoms. The maximum Gasteiger partial charge on any atom is 0.270 e. The molecule has 2 atom stereocenters. The quantitative estimate of drug-likeness (QED) is 0.697. The van der Waals surface area contributed by atoms with Gasteiger partial charge in [-0.3, -0.25) is 14.5 Å². The topological polar surface area (TPSA) is 87.5 Å². The van der Waals surface area contributed by atoms with Crippen molar-refractivity contribution in [2.45, 2.75) is 31.8 Å². The lowest BCUT2D eigenvalue weighted by Gasteiger charge is -2.49. The molecule has 3 saturated heterocycles. The van der Waals surface area contributed by atoms with Crippen LogP contribution in [-0.4, -0.2) is 46.9 Å². The zero-order valence-corrected chi connectivity index (χ0v) is 16.8. The lowest BCUT2D eigenvalue weighted by Crippen LogP contribution is -2.62. The van der Waals surface area contributed by atoms with Gasteiger partial charge in [-0.05, 0) is 57.0 Å². The molecular weight excluding hydrogens is 380 g/mol. The minimum atomic E-state index is -0.234. The number of aromatic nitrogens is 1. The molecule has 2 amide bonds. The summed E-state index contributed by atoms with van der Waals surface area (Å²) in [6, 6.07) is 11.1. The van der Waals surface area contributed by atoms with Crippen molar-refractivity contribution in [3.63, 3.8) is 0 Å². The van der Waals surface area contributed by atoms with Gasteiger partial charge in [0, 0.05) is 23.0 Å². The molecule has 3 aliphatic rings. The van der Waals surface area contributed by atoms with Crippen molar-refractivity contribution in [2.75, 3.05) is 18.4 Å². The van der Waals surface area contributed by atoms with Crippen molar-refractivity contribution < 1.29 is 14.0 Å². The van der Waals surface area contributed by atoms with E-state index in [9.17, 15) is 9.59 Å². The van der Waals surface area contributed by atoms with Crippen LogP contribution in [0.3, 0.4) is 0 Å². The minimum Gasteiger partial charge on any atom is -0.460 e. The fourth-order valence-electron chi connectivity index (χ4n) is 4.71. The van der Waals surface area contributed by atoms with Crippen LogP contribution in [0.25, 0.3) is 11.0 Å². The van der Waals surface area contributed by atoms with Gasteiger partial charge in [-0.25, -0.2) is 4.98 Å². The van der Waals surface area contributed by atoms with E-state index in [0.29, 0.717) is 39.9 Å². The van der Waals surface area contributed by atoms with Gasteiger partial charge in [0.2, 0.25) is 0 Å². The Kier molecular flexibility index (Phi) is 4.75. The van der Waals surface area contributed by atoms with E-state index in [2.05, 4.69) is 27.4 Å². The molecule has 30 heavy (non-hydrogen) atoms. The molecule has 5 heterocycles. The van der Waals surface area contributed by atoms with Crippen LogP contribution in [0.5, 0.6) is 0 Å². The zero-order chi connectivity index (χ0) is 20.7. The number of piperidine rings is 3. The Balaban J connectivity index is 1.36. The zero-order valence-electron chi connectivity index (χ0n) is 16.8. The van der Waals surface area contributed by atoms with E-state index in [0.717, 1.165) is 25.9 Å². The Hall–Kier alpha value is -3.19. The first-order valence-corrected chi connectivity index (χ1v) is 10.4. The molecule has 2 N–H and O–H groups in total. The van der Waals surface area contributed by atoms with Crippen LogP contribution in [0.2, 0.25) is 0 Å². The fourth-order valence-corrected chi connectivity index (χ4v) is 4.71. The summed E-state index contributed by atoms with van der Waals surface area (Å²) in [4.78, 5) is 32.2. The molecule has 154 valence electrons. The summed E-state index contributed by atoms with van der Waals surface area (Å²) < 4.78 is 5.51. The molecule has 7 heteroatoms. The SMILES string of the molecule is C[C@H]1[C@H](NC(=O)c2cc3c(NC(=O)c4ccccc4)coc3cn2)C2CCN1CC2. The van der Waals surface area contributed by atoms with E-state index < -0.39 is 0 Å². The van der Waals surface area contributed by atoms with E-state index in [4.69, 9.17) is 4.42 Å². The number of hydrogen-bond donors (Lipinski definition) is 2. The third kappa shape index (κ3) is 3.35. The lowest BCUT2D eigenvalue weighted by molar-refractivity contribution is 0.0216. The summed E-state index contributed by atoms with van der Waals surface area (Å²) in [5.74, 6) is 0.0959. The van der Waals surface area contributed by atoms with Crippen molar-refractivity contribution in [3.05, 3.63) is 60.1 Å². The van der Waals surface area contributed by atoms with Crippen molar-refractivity contribution in [3.8, 4) is 0 Å². The number of carbonyl (C=O) groups is 2. The highest BCUT2D eigenvalue weighted by molar-refractivity contribution is 6.09. The number of nitrogens with zero attached hydrogens (tertiary/aromatic N) is 2. The average molecular weight is 404 g/mol. The number of benzene rings is 1. The number of anilines is 1. The average Bonchev–Trinajstić information content (AvgIpc) is 3.19. The number of amides is 2. The summed E-state index contributed by atoms with van der Waals surface area (Å²) in [6.45, 7) is 4.41. The molecule has 2 aromatic heterocycles. The highest BCUT2D eigenvalue weighted by atomic mass is 16.3. The minimum absolute atomic E-state index is 0.138. The van der Waals surface area contributed by atoms with Crippen LogP contribution in [0.15, 0.2) is 53.3 Å². The Morgan fingerprint density at radius 1 is 1.13 bits per heavy atom. The predicted octanol–water partition coefficient (Wildman–Crippen LogP) is 3.29. The van der Waals surface area contributed by atoms with Gasteiger partial charge in [0.1, 0.15) is 12.0 Å². The van der Waals surface area contributed by atoms with Crippen molar-refractivity contribution >= 4 is 28.5 Å². The first kappa shape index (κ1) is 18.8. The molecule has 6 rings (SSSR count). The number of rotatable bonds is 4. The number of hydrogen-bond acceptors (Lipinski definition) is 5. The summed E-state index contributed by atoms with van der Waals surface area (Å²) in [6.07, 6.45) is 5.25. The molecule has 0 unspecified atom stereocenters. The molecule has 2 bridgehead atoms. The second kappa shape index (κ2) is 7.57. The van der Waals surface area contributed by atoms with E-state index in [1.165, 1.54) is 12.5 Å². The number of carbonyl (C=O) groups excluding carboxylic acids is 2. The van der Waals surface area contributed by atoms with Crippen molar-refractivity contribution in [1.29, 1.82) is 0 Å². The highest BCUT2D eigenvalue weighted by Gasteiger charge is 2.40. The summed E-state index contributed by atoms with van der Waals surface area (Å²) in [7, 11) is 0. The van der Waals surface area contributed by atoms with E-state index in [1.807, 2.05) is 18.2 Å². The smallest absolute Gasteiger partial charge is 0.270 e. The second-order valence-electron chi connectivity index (χ2n) is 8.15. The molecule has 3 fully saturated rings. The van der Waals surface area contributed by atoms with Gasteiger partial charge in [-0.2, -0.15) is 0 Å². The van der Waals surface area contributed by atoms with Crippen LogP contribution >= 0.6 is 0 Å². The first-order chi connectivity index (χ1) is 14.6. The number of pyridine rings is 1. The van der Waals surface area contributed by atoms with Gasteiger partial charge in [-0.15, -0.1) is 0 Å². The van der Waals surface area contributed by atoms with Crippen molar-refractivity contribution in [2.24, 2.45) is 5.92 Å². The van der Waals surface area contributed by atoms with Gasteiger partial charge in [-0.1, -0.05) is 18.2 Å². The third-order valence-corrected chi connectivity index (χ3v) is 6.45. The van der Waals surface area contributed by atoms with E-state index in [-0.39, 0.29) is 17.9 Å². The number of nitrogens with one attached hydrogen (secondary N) is 2. The van der Waals surface area contributed by atoms with Gasteiger partial charge < -0.3 is 15.1 Å². The molecule has 7 nitrogen and oxygen atoms in total. The van der Waals surface area contributed by atoms with Crippen LogP contribution in [0.1, 0.15) is 40.6 Å². The standard InChI is InChI=1S/C23H24N4O3/c1-14-21(15-7-9-27(14)10-8-15)26-23(29)18-11-17-19(13-30-20(17)12-24-18)25-22(28)16-5-3-2-4-6-16/h2-6,11-15,21H,7-10H2,1H3,(H,25,28)(H,26,29)/t14-,21-/m0/s1. The Morgan fingerprint density at radius 3 is 2.63 bits per heavy atom. The Labute approximate surface area is 174 Å². The molecule has 0 radical (unpaired) electrons. The van der Waals surface area contributed by atoms with Crippen molar-refractivity contribution in [1.82, 2.24) is 15.2 Å². The maximum absolute atomic E-state index is 12.9. The highest BCUT2D eigenvalue weighted by Crippen LogP contribution is 2.32. The van der Waals surface area contributed by atoms with Gasteiger partial charge in [0.05, 0.1) is 11.9 Å². The first-order valence-electron chi connectivity index (χ1n) is 10.4. The molecular formula is C23H24N4O3. The summed E-state index contributed by atoms with van der Waals surface area (Å²) >= 11 is 0. The largest absolute Gasteiger partial charge is 0.460 e. The van der Waals surface area contributed by atoms with Crippen LogP contribution in [-0.2, 0) is 0 Å². The molecule has 1 aromatic carbocycles. The number of fused-ring (bicyclic) bond motifs is 4. The van der Waals surface area contributed by atoms with Crippen LogP contribution < -0.4 is 10.6 Å². The van der Waals surface area contributed by atoms with Gasteiger partial charge in [0.25, 0.3) is 11.8 Å². The summed E-state index contributed by atoms with van der Waals surface area (Å²) in [5, 5.41) is 6.71. The van der Waals surface area contributed by atoms with Crippen LogP contribution in [0, 0.1) is 5.92 Å². The Morgan fingerprint density at radius 2 is 1.90 bits per heavy atom. The lowest BCUT2D eigenvalue weighted by atomic mass is 9.79. The van der Waals surface area contributed by atoms with E-state index >= 15 is 0 Å². The van der Waals surface area contributed by atoms with Crippen LogP contribution in [0.4, 0.5) is 5.69 Å². The fraction of sp³-hybridized carbons (Fsp3) is 0.348. The molecule has 0 aliphatic carbocycles. The summed E-state index contributed by atoms with van der Waals surface area (Å²) in [5.41, 5.74) is 1.91. The number of furan rings is 1. The predicted molar refractivity (Wildman–Crippen MR) is 113 cm³/mol. The van der Waals surface area contributed by atoms with E-state index in [1.54, 1.807) is 18.2 Å². The Bertz CT molecular complexity index is 1080. The third-order valence-electron chi connectivity index (χ3n) is 6.45.